The second-order valence-corrected chi connectivity index (χ2v) is 19.6. The molecule has 1 aromatic carbocycles. The van der Waals surface area contributed by atoms with E-state index in [2.05, 4.69) is 48.5 Å². The van der Waals surface area contributed by atoms with Crippen LogP contribution in [-0.2, 0) is 24.6 Å². The maximum atomic E-state index is 15.3. The fourth-order valence-corrected chi connectivity index (χ4v) is 14.5. The third-order valence-electron chi connectivity index (χ3n) is 17.0. The molecule has 0 N–H and O–H groups in total. The summed E-state index contributed by atoms with van der Waals surface area (Å²) in [5.41, 5.74) is 0.514. The van der Waals surface area contributed by atoms with Crippen molar-refractivity contribution in [3.63, 3.8) is 0 Å². The van der Waals surface area contributed by atoms with Crippen molar-refractivity contribution in [2.45, 2.75) is 138 Å². The third-order valence-corrected chi connectivity index (χ3v) is 17.0. The molecule has 1 aromatic heterocycles. The number of hydrogen-bond donors (Lipinski definition) is 0. The van der Waals surface area contributed by atoms with E-state index in [1.807, 2.05) is 9.36 Å². The van der Waals surface area contributed by atoms with Crippen molar-refractivity contribution in [1.29, 1.82) is 0 Å². The summed E-state index contributed by atoms with van der Waals surface area (Å²) in [7, 11) is 0. The largest absolute Gasteiger partial charge is 0.465 e. The Balaban J connectivity index is 1.30. The SMILES string of the molecule is CC(=O)OC[C@]12CC[C@]3(C(C)C)C1=C1C(CC4[C@@]5(C)CC[C@H](OC(C)=O)C(C)(C)C5CC[C@@]4(C)[C@]1(C)CC2)n1c(=O)n(-c2ccc4c(c2)OCO4)c(=O)n13. The summed E-state index contributed by atoms with van der Waals surface area (Å²) in [6, 6.07) is 4.94. The number of allylic oxidation sites excluding steroid dienone is 1. The number of hydrogen-bond acceptors (Lipinski definition) is 8. The van der Waals surface area contributed by atoms with Gasteiger partial charge in [-0.3, -0.25) is 9.59 Å². The predicted octanol–water partition coefficient (Wildman–Crippen LogP) is 7.07. The van der Waals surface area contributed by atoms with Crippen molar-refractivity contribution in [3.05, 3.63) is 50.3 Å². The molecule has 0 bridgehead atoms. The van der Waals surface area contributed by atoms with E-state index in [4.69, 9.17) is 18.9 Å². The highest BCUT2D eigenvalue weighted by Crippen LogP contribution is 2.79. The average Bonchev–Trinajstić information content (AvgIpc) is 3.78. The number of esters is 2. The van der Waals surface area contributed by atoms with Crippen molar-refractivity contribution in [1.82, 2.24) is 13.9 Å². The molecule has 7 aliphatic rings. The number of ether oxygens (including phenoxy) is 4. The molecule has 0 saturated heterocycles. The molecule has 0 spiro atoms. The molecule has 4 fully saturated rings. The first kappa shape index (κ1) is 35.9. The molecule has 2 aliphatic heterocycles. The van der Waals surface area contributed by atoms with Crippen LogP contribution in [0.2, 0.25) is 0 Å². The monoisotopic (exact) mass is 743 g/mol. The van der Waals surface area contributed by atoms with Gasteiger partial charge in [0.1, 0.15) is 12.7 Å². The molecule has 54 heavy (non-hydrogen) atoms. The topological polar surface area (TPSA) is 120 Å². The van der Waals surface area contributed by atoms with Gasteiger partial charge in [0, 0.05) is 30.7 Å². The molecule has 292 valence electrons. The van der Waals surface area contributed by atoms with Crippen LogP contribution in [0.15, 0.2) is 38.9 Å². The van der Waals surface area contributed by atoms with Crippen LogP contribution >= 0.6 is 0 Å². The molecule has 3 unspecified atom stereocenters. The average molecular weight is 744 g/mol. The highest BCUT2D eigenvalue weighted by atomic mass is 16.7. The smallest absolute Gasteiger partial charge is 0.352 e. The number of benzene rings is 1. The number of carbonyl (C=O) groups is 2. The van der Waals surface area contributed by atoms with Crippen molar-refractivity contribution in [3.8, 4) is 17.2 Å². The van der Waals surface area contributed by atoms with Gasteiger partial charge in [-0.05, 0) is 115 Å². The van der Waals surface area contributed by atoms with Gasteiger partial charge in [-0.1, -0.05) is 48.5 Å². The number of nitrogens with zero attached hydrogens (tertiary/aromatic N) is 3. The molecular formula is C43H57N3O8. The number of carbonyl (C=O) groups excluding carboxylic acids is 2. The Kier molecular flexibility index (Phi) is 7.43. The molecular weight excluding hydrogens is 686 g/mol. The molecule has 0 radical (unpaired) electrons. The van der Waals surface area contributed by atoms with E-state index in [1.54, 1.807) is 18.2 Å². The van der Waals surface area contributed by atoms with Crippen LogP contribution in [0, 0.1) is 44.8 Å². The van der Waals surface area contributed by atoms with Crippen LogP contribution in [-0.4, -0.2) is 45.4 Å². The van der Waals surface area contributed by atoms with Gasteiger partial charge in [0.05, 0.1) is 17.3 Å². The summed E-state index contributed by atoms with van der Waals surface area (Å²) in [5, 5.41) is 0. The van der Waals surface area contributed by atoms with E-state index in [-0.39, 0.29) is 82.4 Å². The number of fused-ring (bicyclic) bond motifs is 8. The maximum absolute atomic E-state index is 15.3. The summed E-state index contributed by atoms with van der Waals surface area (Å²) in [4.78, 5) is 55.3. The summed E-state index contributed by atoms with van der Waals surface area (Å²) in [5.74, 6) is 1.11. The van der Waals surface area contributed by atoms with E-state index in [0.29, 0.717) is 29.5 Å². The Labute approximate surface area is 317 Å². The fraction of sp³-hybridized carbons (Fsp3) is 0.721. The van der Waals surface area contributed by atoms with Crippen LogP contribution in [0.5, 0.6) is 11.5 Å². The van der Waals surface area contributed by atoms with Gasteiger partial charge in [0.15, 0.2) is 11.5 Å². The Morgan fingerprint density at radius 3 is 2.30 bits per heavy atom. The van der Waals surface area contributed by atoms with E-state index in [0.717, 1.165) is 51.4 Å². The lowest BCUT2D eigenvalue weighted by Crippen LogP contribution is -2.67. The minimum absolute atomic E-state index is 0.0189. The Hall–Kier alpha value is -3.76. The molecule has 11 nitrogen and oxygen atoms in total. The van der Waals surface area contributed by atoms with Crippen LogP contribution in [0.25, 0.3) is 5.69 Å². The molecule has 9 rings (SSSR count). The van der Waals surface area contributed by atoms with Gasteiger partial charge >= 0.3 is 23.3 Å². The minimum atomic E-state index is -0.764. The molecule has 5 aliphatic carbocycles. The molecule has 0 amide bonds. The maximum Gasteiger partial charge on any atom is 0.352 e. The van der Waals surface area contributed by atoms with Crippen LogP contribution in [0.3, 0.4) is 0 Å². The zero-order valence-electron chi connectivity index (χ0n) is 33.5. The Morgan fingerprint density at radius 1 is 0.870 bits per heavy atom. The molecule has 2 aromatic rings. The highest BCUT2D eigenvalue weighted by molar-refractivity contribution is 5.66. The van der Waals surface area contributed by atoms with Gasteiger partial charge in [-0.15, -0.1) is 0 Å². The Bertz CT molecular complexity index is 2140. The molecule has 3 heterocycles. The standard InChI is InChI=1S/C43H57N3O8/c1-24(2)43-19-18-42(22-51-25(3)47)17-16-41(9)34(35(42)43)28(45-36(49)44(37(50)46(43)45)27-10-11-29-30(20-27)53-23-52-29)21-32-39(7)14-13-33(54-26(4)48)38(5,6)31(39)12-15-40(32,41)8/h10-11,20,24,28,31-33H,12-19,21-23H2,1-9H3/t28?,31?,32?,33-,39-,40+,41+,42-,43-/m0/s1. The van der Waals surface area contributed by atoms with Gasteiger partial charge in [-0.25, -0.2) is 23.5 Å². The van der Waals surface area contributed by atoms with E-state index >= 15 is 9.59 Å². The quantitative estimate of drug-likeness (QED) is 0.236. The molecule has 4 saturated carbocycles. The second-order valence-electron chi connectivity index (χ2n) is 19.6. The van der Waals surface area contributed by atoms with Crippen molar-refractivity contribution >= 4 is 11.9 Å². The van der Waals surface area contributed by atoms with Crippen LogP contribution in [0.1, 0.15) is 126 Å². The first-order valence-corrected chi connectivity index (χ1v) is 20.3. The summed E-state index contributed by atoms with van der Waals surface area (Å²) < 4.78 is 28.4. The van der Waals surface area contributed by atoms with Gasteiger partial charge in [0.25, 0.3) is 0 Å². The van der Waals surface area contributed by atoms with E-state index in [1.165, 1.54) is 29.6 Å². The zero-order chi connectivity index (χ0) is 38.5. The Morgan fingerprint density at radius 2 is 1.59 bits per heavy atom. The molecule has 11 heteroatoms. The number of aromatic nitrogens is 3. The lowest BCUT2D eigenvalue weighted by molar-refractivity contribution is -0.218. The van der Waals surface area contributed by atoms with Crippen LogP contribution < -0.4 is 20.9 Å². The zero-order valence-corrected chi connectivity index (χ0v) is 33.5. The lowest BCUT2D eigenvalue weighted by Gasteiger charge is -2.72. The first-order valence-electron chi connectivity index (χ1n) is 20.3. The fourth-order valence-electron chi connectivity index (χ4n) is 14.5. The predicted molar refractivity (Wildman–Crippen MR) is 201 cm³/mol. The third kappa shape index (κ3) is 4.19. The van der Waals surface area contributed by atoms with Gasteiger partial charge in [0.2, 0.25) is 6.79 Å². The van der Waals surface area contributed by atoms with E-state index in [9.17, 15) is 9.59 Å². The number of rotatable bonds is 5. The molecule has 9 atom stereocenters. The summed E-state index contributed by atoms with van der Waals surface area (Å²) in [6.07, 6.45) is 7.63. The minimum Gasteiger partial charge on any atom is -0.465 e. The summed E-state index contributed by atoms with van der Waals surface area (Å²) >= 11 is 0. The second kappa shape index (κ2) is 11.2. The van der Waals surface area contributed by atoms with Crippen molar-refractivity contribution in [2.24, 2.45) is 44.8 Å². The van der Waals surface area contributed by atoms with Crippen LogP contribution in [0.4, 0.5) is 0 Å². The summed E-state index contributed by atoms with van der Waals surface area (Å²) in [6.45, 7) is 19.8. The first-order chi connectivity index (χ1) is 25.4. The van der Waals surface area contributed by atoms with E-state index < -0.39 is 11.0 Å². The normalized spacial score (nSPS) is 39.4. The van der Waals surface area contributed by atoms with Gasteiger partial charge in [-0.2, -0.15) is 0 Å². The van der Waals surface area contributed by atoms with Gasteiger partial charge < -0.3 is 18.9 Å². The van der Waals surface area contributed by atoms with Crippen molar-refractivity contribution < 1.29 is 28.5 Å². The lowest BCUT2D eigenvalue weighted by atomic mass is 9.33. The van der Waals surface area contributed by atoms with Crippen molar-refractivity contribution in [2.75, 3.05) is 13.4 Å². The highest BCUT2D eigenvalue weighted by Gasteiger charge is 2.73.